The van der Waals surface area contributed by atoms with E-state index < -0.39 is 37.0 Å². The van der Waals surface area contributed by atoms with Gasteiger partial charge in [0.05, 0.1) is 25.3 Å². The lowest BCUT2D eigenvalue weighted by atomic mass is 9.87. The van der Waals surface area contributed by atoms with Gasteiger partial charge in [-0.1, -0.05) is 12.8 Å². The number of pyridine rings is 1. The van der Waals surface area contributed by atoms with E-state index in [2.05, 4.69) is 4.98 Å². The average Bonchev–Trinajstić information content (AvgIpc) is 2.61. The predicted octanol–water partition coefficient (Wildman–Crippen LogP) is 0.456. The van der Waals surface area contributed by atoms with Crippen molar-refractivity contribution in [1.82, 2.24) is 14.8 Å². The number of nitrogens with zero attached hydrogens (tertiary/aromatic N) is 3. The van der Waals surface area contributed by atoms with Crippen molar-refractivity contribution in [2.45, 2.75) is 44.3 Å². The summed E-state index contributed by atoms with van der Waals surface area (Å²) in [5.41, 5.74) is 0.316. The molecule has 10 heteroatoms. The normalized spacial score (nSPS) is 19.6. The first-order chi connectivity index (χ1) is 13.3. The zero-order valence-corrected chi connectivity index (χ0v) is 15.4. The Hall–Kier alpha value is -2.72. The number of aromatic hydroxyl groups is 1. The maximum Gasteiger partial charge on any atom is 0.317 e. The molecule has 28 heavy (non-hydrogen) atoms. The largest absolute Gasteiger partial charge is 0.506 e. The molecule has 1 aliphatic carbocycles. The van der Waals surface area contributed by atoms with E-state index in [0.717, 1.165) is 12.8 Å². The Kier molecular flexibility index (Phi) is 7.70. The average molecular weight is 395 g/mol. The highest BCUT2D eigenvalue weighted by Crippen LogP contribution is 2.29. The van der Waals surface area contributed by atoms with Crippen LogP contribution >= 0.6 is 0 Å². The van der Waals surface area contributed by atoms with Crippen LogP contribution in [-0.4, -0.2) is 84.8 Å². The number of aliphatic carboxylic acids is 3. The standard InChI is InChI=1S/C18H25N3O7/c22-15-6-3-7-19-12(15)8-20(9-16(23)24)13-4-1-2-5-14(13)21(10-17(25)26)11-18(27)28/h3,6-7,13-14,22H,1-2,4-5,8-11H2,(H,23,24)(H,25,26)(H,27,28)/t13-,14?/m0/s1. The van der Waals surface area contributed by atoms with E-state index >= 15 is 0 Å². The molecule has 1 saturated carbocycles. The highest BCUT2D eigenvalue weighted by atomic mass is 16.4. The fraction of sp³-hybridized carbons (Fsp3) is 0.556. The number of hydrogen-bond donors (Lipinski definition) is 4. The molecule has 1 heterocycles. The summed E-state index contributed by atoms with van der Waals surface area (Å²) in [6.45, 7) is -1.15. The van der Waals surface area contributed by atoms with Crippen LogP contribution in [0, 0.1) is 0 Å². The van der Waals surface area contributed by atoms with E-state index in [1.807, 2.05) is 0 Å². The Bertz CT molecular complexity index is 696. The minimum absolute atomic E-state index is 0.0572. The second kappa shape index (κ2) is 10.00. The summed E-state index contributed by atoms with van der Waals surface area (Å²) in [5.74, 6) is -3.41. The molecular weight excluding hydrogens is 370 g/mol. The lowest BCUT2D eigenvalue weighted by Crippen LogP contribution is -2.56. The van der Waals surface area contributed by atoms with E-state index in [4.69, 9.17) is 0 Å². The molecule has 1 aliphatic rings. The molecule has 2 atom stereocenters. The smallest absolute Gasteiger partial charge is 0.317 e. The number of carboxylic acids is 3. The molecule has 0 bridgehead atoms. The van der Waals surface area contributed by atoms with Gasteiger partial charge in [0.2, 0.25) is 0 Å². The van der Waals surface area contributed by atoms with Gasteiger partial charge in [0.15, 0.2) is 0 Å². The van der Waals surface area contributed by atoms with Crippen LogP contribution in [0.4, 0.5) is 0 Å². The fourth-order valence-electron chi connectivity index (χ4n) is 3.79. The fourth-order valence-corrected chi connectivity index (χ4v) is 3.79. The summed E-state index contributed by atoms with van der Waals surface area (Å²) in [5, 5.41) is 37.7. The number of aromatic nitrogens is 1. The molecule has 1 unspecified atom stereocenters. The molecule has 1 aromatic rings. The summed E-state index contributed by atoms with van der Waals surface area (Å²) in [7, 11) is 0. The second-order valence-electron chi connectivity index (χ2n) is 6.88. The van der Waals surface area contributed by atoms with Crippen LogP contribution in [0.1, 0.15) is 31.4 Å². The van der Waals surface area contributed by atoms with Gasteiger partial charge < -0.3 is 20.4 Å². The number of hydrogen-bond acceptors (Lipinski definition) is 7. The number of carbonyl (C=O) groups is 3. The molecule has 10 nitrogen and oxygen atoms in total. The zero-order valence-electron chi connectivity index (χ0n) is 15.4. The Morgan fingerprint density at radius 2 is 1.43 bits per heavy atom. The van der Waals surface area contributed by atoms with Gasteiger partial charge in [-0.25, -0.2) is 0 Å². The monoisotopic (exact) mass is 395 g/mol. The maximum absolute atomic E-state index is 11.4. The first-order valence-electron chi connectivity index (χ1n) is 9.04. The molecule has 0 spiro atoms. The van der Waals surface area contributed by atoms with Gasteiger partial charge in [0, 0.05) is 24.8 Å². The van der Waals surface area contributed by atoms with Crippen LogP contribution < -0.4 is 0 Å². The molecule has 1 aromatic heterocycles. The van der Waals surface area contributed by atoms with Gasteiger partial charge in [-0.15, -0.1) is 0 Å². The minimum Gasteiger partial charge on any atom is -0.506 e. The van der Waals surface area contributed by atoms with Crippen molar-refractivity contribution in [3.05, 3.63) is 24.0 Å². The van der Waals surface area contributed by atoms with Gasteiger partial charge in [-0.2, -0.15) is 0 Å². The summed E-state index contributed by atoms with van der Waals surface area (Å²) in [6.07, 6.45) is 4.27. The molecule has 154 valence electrons. The minimum atomic E-state index is -1.14. The zero-order chi connectivity index (χ0) is 20.7. The molecule has 0 aromatic carbocycles. The lowest BCUT2D eigenvalue weighted by molar-refractivity contribution is -0.146. The Morgan fingerprint density at radius 1 is 0.929 bits per heavy atom. The first kappa shape index (κ1) is 21.6. The molecule has 0 saturated heterocycles. The van der Waals surface area contributed by atoms with E-state index in [0.29, 0.717) is 18.5 Å². The molecule has 0 aliphatic heterocycles. The highest BCUT2D eigenvalue weighted by Gasteiger charge is 2.36. The van der Waals surface area contributed by atoms with Crippen molar-refractivity contribution in [3.8, 4) is 5.75 Å². The third-order valence-corrected chi connectivity index (χ3v) is 4.87. The van der Waals surface area contributed by atoms with E-state index in [1.165, 1.54) is 17.2 Å². The molecular formula is C18H25N3O7. The lowest BCUT2D eigenvalue weighted by Gasteiger charge is -2.43. The van der Waals surface area contributed by atoms with Crippen LogP contribution in [0.15, 0.2) is 18.3 Å². The van der Waals surface area contributed by atoms with Crippen molar-refractivity contribution >= 4 is 17.9 Å². The first-order valence-corrected chi connectivity index (χ1v) is 9.04. The van der Waals surface area contributed by atoms with Crippen molar-refractivity contribution < 1.29 is 34.8 Å². The van der Waals surface area contributed by atoms with Crippen LogP contribution in [0.25, 0.3) is 0 Å². The molecule has 0 amide bonds. The van der Waals surface area contributed by atoms with Gasteiger partial charge in [-0.05, 0) is 25.0 Å². The van der Waals surface area contributed by atoms with Gasteiger partial charge >= 0.3 is 17.9 Å². The van der Waals surface area contributed by atoms with E-state index in [9.17, 15) is 34.8 Å². The van der Waals surface area contributed by atoms with E-state index in [-0.39, 0.29) is 24.9 Å². The number of rotatable bonds is 10. The van der Waals surface area contributed by atoms with Crippen molar-refractivity contribution in [3.63, 3.8) is 0 Å². The van der Waals surface area contributed by atoms with Gasteiger partial charge in [-0.3, -0.25) is 29.2 Å². The Labute approximate surface area is 162 Å². The molecule has 4 N–H and O–H groups in total. The van der Waals surface area contributed by atoms with E-state index in [1.54, 1.807) is 11.0 Å². The maximum atomic E-state index is 11.4. The van der Waals surface area contributed by atoms with Crippen molar-refractivity contribution in [2.24, 2.45) is 0 Å². The van der Waals surface area contributed by atoms with Crippen molar-refractivity contribution in [1.29, 1.82) is 0 Å². The topological polar surface area (TPSA) is 152 Å². The van der Waals surface area contributed by atoms with Crippen molar-refractivity contribution in [2.75, 3.05) is 19.6 Å². The molecule has 1 fully saturated rings. The predicted molar refractivity (Wildman–Crippen MR) is 96.8 cm³/mol. The van der Waals surface area contributed by atoms with Gasteiger partial charge in [0.1, 0.15) is 5.75 Å². The van der Waals surface area contributed by atoms with Crippen LogP contribution in [-0.2, 0) is 20.9 Å². The summed E-state index contributed by atoms with van der Waals surface area (Å²) in [4.78, 5) is 41.0. The Balaban J connectivity index is 2.30. The molecule has 0 radical (unpaired) electrons. The van der Waals surface area contributed by atoms with Crippen LogP contribution in [0.2, 0.25) is 0 Å². The van der Waals surface area contributed by atoms with Crippen LogP contribution in [0.3, 0.4) is 0 Å². The summed E-state index contributed by atoms with van der Waals surface area (Å²) in [6, 6.07) is 2.22. The quantitative estimate of drug-likeness (QED) is 0.439. The second-order valence-corrected chi connectivity index (χ2v) is 6.88. The summed E-state index contributed by atoms with van der Waals surface area (Å²) >= 11 is 0. The van der Waals surface area contributed by atoms with Crippen LogP contribution in [0.5, 0.6) is 5.75 Å². The number of carboxylic acid groups (broad SMARTS) is 3. The highest BCUT2D eigenvalue weighted by molar-refractivity contribution is 5.72. The third-order valence-electron chi connectivity index (χ3n) is 4.87. The van der Waals surface area contributed by atoms with Gasteiger partial charge in [0.25, 0.3) is 0 Å². The molecule has 2 rings (SSSR count). The summed E-state index contributed by atoms with van der Waals surface area (Å²) < 4.78 is 0. The third kappa shape index (κ3) is 6.17. The Morgan fingerprint density at radius 3 is 1.93 bits per heavy atom. The SMILES string of the molecule is O=C(O)CN(CC(=O)O)C1CCCC[C@@H]1N(CC(=O)O)Cc1ncccc1O.